The Morgan fingerprint density at radius 1 is 0.977 bits per heavy atom. The summed E-state index contributed by atoms with van der Waals surface area (Å²) in [6.07, 6.45) is -4.59. The number of fused-ring (bicyclic) bond motifs is 2. The smallest absolute Gasteiger partial charge is 0.325 e. The molecule has 6 rings (SSSR count). The summed E-state index contributed by atoms with van der Waals surface area (Å²) >= 11 is 11.4. The molecule has 1 fully saturated rings. The first-order valence-corrected chi connectivity index (χ1v) is 15.5. The van der Waals surface area contributed by atoms with Crippen molar-refractivity contribution in [2.45, 2.75) is 28.9 Å². The van der Waals surface area contributed by atoms with Gasteiger partial charge in [-0.3, -0.25) is 23.7 Å². The van der Waals surface area contributed by atoms with Gasteiger partial charge in [-0.1, -0.05) is 68.8 Å². The van der Waals surface area contributed by atoms with Gasteiger partial charge in [0.2, 0.25) is 17.7 Å². The Hall–Kier alpha value is -3.39. The number of carbonyl (C=O) groups is 3. The number of thiazole rings is 1. The maximum atomic E-state index is 13.9. The molecule has 0 saturated carbocycles. The van der Waals surface area contributed by atoms with Crippen molar-refractivity contribution in [1.29, 1.82) is 0 Å². The highest BCUT2D eigenvalue weighted by Gasteiger charge is 2.56. The second-order valence-electron chi connectivity index (χ2n) is 9.83. The predicted octanol–water partition coefficient (Wildman–Crippen LogP) is 6.78. The van der Waals surface area contributed by atoms with Gasteiger partial charge < -0.3 is 5.32 Å². The van der Waals surface area contributed by atoms with Crippen molar-refractivity contribution < 1.29 is 27.6 Å². The number of anilines is 2. The molecule has 2 aliphatic heterocycles. The van der Waals surface area contributed by atoms with Crippen LogP contribution in [0.5, 0.6) is 0 Å². The highest BCUT2D eigenvalue weighted by Crippen LogP contribution is 2.54. The molecular formula is C29H18BrClF3N3O4S2. The van der Waals surface area contributed by atoms with Gasteiger partial charge in [-0.25, -0.2) is 4.90 Å². The summed E-state index contributed by atoms with van der Waals surface area (Å²) in [7, 11) is 0. The lowest BCUT2D eigenvalue weighted by Gasteiger charge is -2.30. The number of carbonyl (C=O) groups excluding carboxylic acids is 3. The van der Waals surface area contributed by atoms with Crippen LogP contribution in [0.4, 0.5) is 24.5 Å². The Bertz CT molecular complexity index is 1830. The number of thioether (sulfide) groups is 1. The number of amides is 3. The van der Waals surface area contributed by atoms with Crippen LogP contribution < -0.4 is 15.1 Å². The molecule has 43 heavy (non-hydrogen) atoms. The van der Waals surface area contributed by atoms with E-state index in [0.717, 1.165) is 44.6 Å². The number of rotatable bonds is 5. The zero-order valence-corrected chi connectivity index (χ0v) is 25.6. The maximum Gasteiger partial charge on any atom is 0.416 e. The van der Waals surface area contributed by atoms with E-state index in [-0.39, 0.29) is 5.69 Å². The van der Waals surface area contributed by atoms with Crippen molar-refractivity contribution in [3.05, 3.63) is 108 Å². The minimum Gasteiger partial charge on any atom is -0.325 e. The summed E-state index contributed by atoms with van der Waals surface area (Å²) in [4.78, 5) is 55.0. The molecule has 0 aliphatic carbocycles. The molecule has 7 nitrogen and oxygen atoms in total. The van der Waals surface area contributed by atoms with Gasteiger partial charge in [0.25, 0.3) is 0 Å². The molecule has 3 heterocycles. The van der Waals surface area contributed by atoms with Crippen molar-refractivity contribution in [1.82, 2.24) is 4.57 Å². The molecule has 3 amide bonds. The van der Waals surface area contributed by atoms with Crippen LogP contribution in [0.25, 0.3) is 0 Å². The number of hydrogen-bond acceptors (Lipinski definition) is 6. The average Bonchev–Trinajstić information content (AvgIpc) is 3.40. The van der Waals surface area contributed by atoms with Crippen LogP contribution in [-0.2, 0) is 27.1 Å². The number of hydrogen-bond donors (Lipinski definition) is 1. The SMILES string of the molecule is O=C(Cn1c2c(sc1=O)[C@@H](c1ccc(Cl)cc1)[C@H]1C(=O)N(c3ccc(Br)cc3)C(=O)[C@H]1S2)Nc1cccc(C(F)(F)F)c1. The fourth-order valence-electron chi connectivity index (χ4n) is 5.25. The molecule has 4 aromatic rings. The molecule has 0 unspecified atom stereocenters. The summed E-state index contributed by atoms with van der Waals surface area (Å²) in [5, 5.41) is 2.35. The van der Waals surface area contributed by atoms with Gasteiger partial charge in [0, 0.05) is 26.0 Å². The normalized spacial score (nSPS) is 19.7. The Labute approximate surface area is 263 Å². The largest absolute Gasteiger partial charge is 0.416 e. The van der Waals surface area contributed by atoms with E-state index in [1.807, 2.05) is 0 Å². The predicted molar refractivity (Wildman–Crippen MR) is 162 cm³/mol. The number of aromatic nitrogens is 1. The number of alkyl halides is 3. The maximum absolute atomic E-state index is 13.9. The van der Waals surface area contributed by atoms with Crippen LogP contribution in [-0.4, -0.2) is 27.5 Å². The summed E-state index contributed by atoms with van der Waals surface area (Å²) in [5.41, 5.74) is 0.0683. The van der Waals surface area contributed by atoms with Gasteiger partial charge in [-0.2, -0.15) is 13.2 Å². The fraction of sp³-hybridized carbons (Fsp3) is 0.172. The van der Waals surface area contributed by atoms with E-state index in [9.17, 15) is 32.3 Å². The first kappa shape index (κ1) is 29.7. The third-order valence-electron chi connectivity index (χ3n) is 7.14. The molecular weight excluding hydrogens is 691 g/mol. The lowest BCUT2D eigenvalue weighted by atomic mass is 9.83. The number of nitrogens with one attached hydrogen (secondary N) is 1. The average molecular weight is 709 g/mol. The van der Waals surface area contributed by atoms with E-state index >= 15 is 0 Å². The van der Waals surface area contributed by atoms with Gasteiger partial charge in [0.1, 0.15) is 11.8 Å². The van der Waals surface area contributed by atoms with Crippen molar-refractivity contribution in [2.24, 2.45) is 5.92 Å². The quantitative estimate of drug-likeness (QED) is 0.231. The molecule has 0 bridgehead atoms. The van der Waals surface area contributed by atoms with Crippen LogP contribution >= 0.6 is 50.6 Å². The topological polar surface area (TPSA) is 88.5 Å². The second-order valence-corrected chi connectivity index (χ2v) is 13.3. The molecule has 0 radical (unpaired) electrons. The summed E-state index contributed by atoms with van der Waals surface area (Å²) in [6.45, 7) is -0.503. The third-order valence-corrected chi connectivity index (χ3v) is 10.5. The van der Waals surface area contributed by atoms with Gasteiger partial charge in [0.05, 0.1) is 22.2 Å². The van der Waals surface area contributed by atoms with E-state index in [1.54, 1.807) is 48.5 Å². The first-order chi connectivity index (χ1) is 20.4. The molecule has 1 aromatic heterocycles. The molecule has 14 heteroatoms. The van der Waals surface area contributed by atoms with Crippen LogP contribution in [0.3, 0.4) is 0 Å². The van der Waals surface area contributed by atoms with E-state index in [2.05, 4.69) is 21.2 Å². The number of nitrogens with zero attached hydrogens (tertiary/aromatic N) is 2. The van der Waals surface area contributed by atoms with Gasteiger partial charge >= 0.3 is 11.0 Å². The molecule has 2 aliphatic rings. The van der Waals surface area contributed by atoms with Crippen LogP contribution in [0.1, 0.15) is 21.9 Å². The van der Waals surface area contributed by atoms with Crippen molar-refractivity contribution in [3.63, 3.8) is 0 Å². The molecule has 3 aromatic carbocycles. The van der Waals surface area contributed by atoms with Crippen LogP contribution in [0.2, 0.25) is 5.02 Å². The highest BCUT2D eigenvalue weighted by molar-refractivity contribution is 9.10. The Morgan fingerprint density at radius 2 is 1.67 bits per heavy atom. The standard InChI is InChI=1S/C29H18BrClF3N3O4S2/c30-16-6-10-19(11-7-16)37-25(39)22-21(14-4-8-17(31)9-5-14)24-27(42-23(22)26(37)40)36(28(41)43-24)13-20(38)35-18-3-1-2-15(12-18)29(32,33)34/h1-12,21-23H,13H2,(H,35,38)/t21-,22+,23-/m0/s1. The number of benzene rings is 3. The minimum atomic E-state index is -4.59. The molecule has 0 spiro atoms. The van der Waals surface area contributed by atoms with Crippen LogP contribution in [0, 0.1) is 5.92 Å². The van der Waals surface area contributed by atoms with E-state index in [4.69, 9.17) is 11.6 Å². The van der Waals surface area contributed by atoms with Crippen molar-refractivity contribution >= 4 is 79.7 Å². The summed E-state index contributed by atoms with van der Waals surface area (Å²) in [6, 6.07) is 17.7. The highest BCUT2D eigenvalue weighted by atomic mass is 79.9. The lowest BCUT2D eigenvalue weighted by molar-refractivity contribution is -0.137. The summed E-state index contributed by atoms with van der Waals surface area (Å²) in [5.74, 6) is -3.10. The third kappa shape index (κ3) is 5.54. The van der Waals surface area contributed by atoms with Gasteiger partial charge in [0.15, 0.2) is 0 Å². The van der Waals surface area contributed by atoms with Gasteiger partial charge in [-0.05, 0) is 60.2 Å². The zero-order valence-electron chi connectivity index (χ0n) is 21.6. The van der Waals surface area contributed by atoms with Crippen molar-refractivity contribution in [2.75, 3.05) is 10.2 Å². The first-order valence-electron chi connectivity index (χ1n) is 12.7. The lowest BCUT2D eigenvalue weighted by Crippen LogP contribution is -2.33. The fourth-order valence-corrected chi connectivity index (χ4v) is 8.41. The Balaban J connectivity index is 1.37. The molecule has 1 saturated heterocycles. The molecule has 1 N–H and O–H groups in total. The zero-order chi connectivity index (χ0) is 30.6. The van der Waals surface area contributed by atoms with E-state index in [0.29, 0.717) is 26.2 Å². The van der Waals surface area contributed by atoms with Crippen molar-refractivity contribution in [3.8, 4) is 0 Å². The van der Waals surface area contributed by atoms with E-state index < -0.39 is 58.0 Å². The monoisotopic (exact) mass is 707 g/mol. The minimum absolute atomic E-state index is 0.0783. The number of halogens is 5. The Kier molecular flexibility index (Phi) is 7.78. The second kappa shape index (κ2) is 11.3. The molecule has 220 valence electrons. The van der Waals surface area contributed by atoms with Gasteiger partial charge in [-0.15, -0.1) is 0 Å². The van der Waals surface area contributed by atoms with Crippen LogP contribution in [0.15, 0.2) is 87.1 Å². The molecule has 3 atom stereocenters. The number of imide groups is 1. The summed E-state index contributed by atoms with van der Waals surface area (Å²) < 4.78 is 41.4. The Morgan fingerprint density at radius 3 is 2.35 bits per heavy atom. The van der Waals surface area contributed by atoms with E-state index in [1.165, 1.54) is 16.7 Å².